The summed E-state index contributed by atoms with van der Waals surface area (Å²) in [4.78, 5) is 41.2. The molecule has 10 heteroatoms. The molecule has 34 heavy (non-hydrogen) atoms. The molecule has 1 unspecified atom stereocenters. The Bertz CT molecular complexity index is 1200. The fourth-order valence-electron chi connectivity index (χ4n) is 3.06. The number of anilines is 2. The van der Waals surface area contributed by atoms with Crippen LogP contribution in [0.1, 0.15) is 46.2 Å². The molecule has 1 aromatic heterocycles. The number of phenolic OH excluding ortho intramolecular Hbond substituents is 1. The highest BCUT2D eigenvalue weighted by molar-refractivity contribution is 6.30. The number of benzene rings is 2. The van der Waals surface area contributed by atoms with Crippen LogP contribution < -0.4 is 16.0 Å². The first kappa shape index (κ1) is 24.5. The molecule has 1 heterocycles. The van der Waals surface area contributed by atoms with E-state index in [4.69, 9.17) is 16.3 Å². The lowest BCUT2D eigenvalue weighted by molar-refractivity contribution is 0.102. The highest BCUT2D eigenvalue weighted by Gasteiger charge is 2.18. The molecule has 9 nitrogen and oxygen atoms in total. The molecule has 0 saturated heterocycles. The number of carbonyl (C=O) groups excluding carboxylic acids is 3. The lowest BCUT2D eigenvalue weighted by Gasteiger charge is -2.16. The molecule has 0 saturated carbocycles. The van der Waals surface area contributed by atoms with Gasteiger partial charge in [0.15, 0.2) is 0 Å². The number of para-hydroxylation sites is 1. The summed E-state index contributed by atoms with van der Waals surface area (Å²) in [6, 6.07) is 13.6. The Morgan fingerprint density at radius 1 is 1.03 bits per heavy atom. The van der Waals surface area contributed by atoms with Crippen LogP contribution in [0.5, 0.6) is 5.75 Å². The molecule has 0 aliphatic rings. The Balaban J connectivity index is 1.74. The minimum Gasteiger partial charge on any atom is -0.507 e. The van der Waals surface area contributed by atoms with Gasteiger partial charge in [0.05, 0.1) is 34.5 Å². The summed E-state index contributed by atoms with van der Waals surface area (Å²) < 4.78 is 4.85. The number of nitrogens with one attached hydrogen (secondary N) is 3. The van der Waals surface area contributed by atoms with E-state index in [1.54, 1.807) is 56.3 Å². The monoisotopic (exact) mass is 482 g/mol. The van der Waals surface area contributed by atoms with Crippen molar-refractivity contribution >= 4 is 41.0 Å². The number of alkyl carbamates (subject to hydrolysis) is 1. The SMILES string of the molecule is CCOC(=O)NC(C)c1ccc(C(=O)Nc2ccccc2C(=O)Nc2ccc(Cl)cn2)c(O)c1. The largest absolute Gasteiger partial charge is 0.507 e. The van der Waals surface area contributed by atoms with E-state index in [1.807, 2.05) is 0 Å². The molecule has 3 aromatic rings. The van der Waals surface area contributed by atoms with Crippen molar-refractivity contribution in [3.8, 4) is 5.75 Å². The van der Waals surface area contributed by atoms with Gasteiger partial charge in [-0.15, -0.1) is 0 Å². The molecular formula is C24H23ClN4O5. The van der Waals surface area contributed by atoms with Crippen molar-refractivity contribution in [1.82, 2.24) is 10.3 Å². The normalized spacial score (nSPS) is 11.3. The van der Waals surface area contributed by atoms with Crippen LogP contribution >= 0.6 is 11.6 Å². The number of ether oxygens (including phenoxy) is 1. The number of halogens is 1. The lowest BCUT2D eigenvalue weighted by Crippen LogP contribution is -2.27. The van der Waals surface area contributed by atoms with E-state index in [1.165, 1.54) is 18.3 Å². The number of aromatic nitrogens is 1. The third kappa shape index (κ3) is 6.23. The van der Waals surface area contributed by atoms with Crippen LogP contribution in [0.3, 0.4) is 0 Å². The number of hydrogen-bond donors (Lipinski definition) is 4. The summed E-state index contributed by atoms with van der Waals surface area (Å²) >= 11 is 5.81. The maximum absolute atomic E-state index is 12.8. The number of amides is 3. The van der Waals surface area contributed by atoms with Crippen LogP contribution in [0.4, 0.5) is 16.3 Å². The first-order chi connectivity index (χ1) is 16.3. The summed E-state index contributed by atoms with van der Waals surface area (Å²) in [5.74, 6) is -1.07. The Morgan fingerprint density at radius 2 is 1.76 bits per heavy atom. The lowest BCUT2D eigenvalue weighted by atomic mass is 10.0. The molecule has 4 N–H and O–H groups in total. The average Bonchev–Trinajstić information content (AvgIpc) is 2.80. The number of pyridine rings is 1. The Kier molecular flexibility index (Phi) is 8.05. The molecule has 2 aromatic carbocycles. The van der Waals surface area contributed by atoms with Crippen molar-refractivity contribution in [2.75, 3.05) is 17.2 Å². The van der Waals surface area contributed by atoms with Crippen LogP contribution in [0.2, 0.25) is 5.02 Å². The van der Waals surface area contributed by atoms with Crippen molar-refractivity contribution in [2.24, 2.45) is 0 Å². The minimum atomic E-state index is -0.611. The van der Waals surface area contributed by atoms with Crippen LogP contribution in [-0.4, -0.2) is 34.6 Å². The van der Waals surface area contributed by atoms with Gasteiger partial charge in [-0.1, -0.05) is 29.8 Å². The second kappa shape index (κ2) is 11.2. The smallest absolute Gasteiger partial charge is 0.407 e. The minimum absolute atomic E-state index is 0.00154. The van der Waals surface area contributed by atoms with E-state index in [-0.39, 0.29) is 29.2 Å². The van der Waals surface area contributed by atoms with Gasteiger partial charge in [0.1, 0.15) is 11.6 Å². The molecule has 3 rings (SSSR count). The Hall–Kier alpha value is -4.11. The van der Waals surface area contributed by atoms with E-state index < -0.39 is 23.9 Å². The first-order valence-electron chi connectivity index (χ1n) is 10.4. The van der Waals surface area contributed by atoms with Crippen molar-refractivity contribution in [1.29, 1.82) is 0 Å². The number of carbonyl (C=O) groups is 3. The van der Waals surface area contributed by atoms with Gasteiger partial charge in [0, 0.05) is 6.20 Å². The zero-order chi connectivity index (χ0) is 24.7. The van der Waals surface area contributed by atoms with Crippen LogP contribution in [0.25, 0.3) is 0 Å². The summed E-state index contributed by atoms with van der Waals surface area (Å²) in [5, 5.41) is 18.8. The zero-order valence-electron chi connectivity index (χ0n) is 18.5. The van der Waals surface area contributed by atoms with Gasteiger partial charge in [-0.3, -0.25) is 9.59 Å². The van der Waals surface area contributed by atoms with Gasteiger partial charge < -0.3 is 25.8 Å². The molecule has 176 valence electrons. The maximum Gasteiger partial charge on any atom is 0.407 e. The van der Waals surface area contributed by atoms with Crippen molar-refractivity contribution in [2.45, 2.75) is 19.9 Å². The second-order valence-electron chi connectivity index (χ2n) is 7.18. The second-order valence-corrected chi connectivity index (χ2v) is 7.62. The highest BCUT2D eigenvalue weighted by atomic mass is 35.5. The Morgan fingerprint density at radius 3 is 2.44 bits per heavy atom. The predicted molar refractivity (Wildman–Crippen MR) is 128 cm³/mol. The molecule has 0 spiro atoms. The third-order valence-electron chi connectivity index (χ3n) is 4.77. The average molecular weight is 483 g/mol. The number of phenols is 1. The highest BCUT2D eigenvalue weighted by Crippen LogP contribution is 2.25. The number of aromatic hydroxyl groups is 1. The van der Waals surface area contributed by atoms with Crippen molar-refractivity contribution in [3.05, 3.63) is 82.5 Å². The quantitative estimate of drug-likeness (QED) is 0.384. The molecule has 3 amide bonds. The van der Waals surface area contributed by atoms with Crippen molar-refractivity contribution < 1.29 is 24.2 Å². The van der Waals surface area contributed by atoms with Crippen LogP contribution in [0.15, 0.2) is 60.8 Å². The molecule has 1 atom stereocenters. The van der Waals surface area contributed by atoms with E-state index in [9.17, 15) is 19.5 Å². The number of rotatable bonds is 7. The van der Waals surface area contributed by atoms with E-state index in [0.717, 1.165) is 0 Å². The van der Waals surface area contributed by atoms with Crippen LogP contribution in [-0.2, 0) is 4.74 Å². The summed E-state index contributed by atoms with van der Waals surface area (Å²) in [6.07, 6.45) is 0.820. The summed E-state index contributed by atoms with van der Waals surface area (Å²) in [6.45, 7) is 3.65. The van der Waals surface area contributed by atoms with Crippen LogP contribution in [0, 0.1) is 0 Å². The fraction of sp³-hybridized carbons (Fsp3) is 0.167. The topological polar surface area (TPSA) is 130 Å². The summed E-state index contributed by atoms with van der Waals surface area (Å²) in [7, 11) is 0. The summed E-state index contributed by atoms with van der Waals surface area (Å²) in [5.41, 5.74) is 1.04. The molecular weight excluding hydrogens is 460 g/mol. The standard InChI is InChI=1S/C24H23ClN4O5/c1-3-34-24(33)27-14(2)15-8-10-18(20(30)12-15)23(32)28-19-7-5-4-6-17(19)22(31)29-21-11-9-16(25)13-26-21/h4-14,30H,3H2,1-2H3,(H,27,33)(H,28,32)(H,26,29,31). The van der Waals surface area contributed by atoms with E-state index in [2.05, 4.69) is 20.9 Å². The molecule has 0 fully saturated rings. The van der Waals surface area contributed by atoms with E-state index >= 15 is 0 Å². The van der Waals surface area contributed by atoms with Gasteiger partial charge in [0.25, 0.3) is 11.8 Å². The van der Waals surface area contributed by atoms with Gasteiger partial charge in [-0.2, -0.15) is 0 Å². The van der Waals surface area contributed by atoms with Gasteiger partial charge in [-0.05, 0) is 55.8 Å². The number of nitrogens with zero attached hydrogens (tertiary/aromatic N) is 1. The fourth-order valence-corrected chi connectivity index (χ4v) is 3.17. The van der Waals surface area contributed by atoms with Crippen molar-refractivity contribution in [3.63, 3.8) is 0 Å². The van der Waals surface area contributed by atoms with Gasteiger partial charge in [0.2, 0.25) is 0 Å². The predicted octanol–water partition coefficient (Wildman–Crippen LogP) is 4.75. The van der Waals surface area contributed by atoms with Gasteiger partial charge >= 0.3 is 6.09 Å². The third-order valence-corrected chi connectivity index (χ3v) is 4.99. The zero-order valence-corrected chi connectivity index (χ0v) is 19.2. The van der Waals surface area contributed by atoms with E-state index in [0.29, 0.717) is 16.4 Å². The molecule has 0 radical (unpaired) electrons. The molecule has 0 aliphatic carbocycles. The number of hydrogen-bond acceptors (Lipinski definition) is 6. The Labute approximate surface area is 201 Å². The molecule has 0 aliphatic heterocycles. The van der Waals surface area contributed by atoms with Gasteiger partial charge in [-0.25, -0.2) is 9.78 Å². The first-order valence-corrected chi connectivity index (χ1v) is 10.8. The maximum atomic E-state index is 12.8. The molecule has 0 bridgehead atoms.